The maximum absolute atomic E-state index is 13.7. The summed E-state index contributed by atoms with van der Waals surface area (Å²) in [6.07, 6.45) is 2.65. The van der Waals surface area contributed by atoms with Gasteiger partial charge in [0, 0.05) is 6.54 Å². The molecule has 1 N–H and O–H groups in total. The molecular formula is C17H18FN. The topological polar surface area (TPSA) is 12.0 Å². The zero-order chi connectivity index (χ0) is 13.2. The Hall–Kier alpha value is -1.83. The Morgan fingerprint density at radius 3 is 2.47 bits per heavy atom. The van der Waals surface area contributed by atoms with Crippen molar-refractivity contribution in [2.75, 3.05) is 5.32 Å². The standard InChI is InChI=1S/C17H18FN/c1-12-3-2-4-16(18)17(12)19-11-13-5-7-14(8-6-13)15-9-10-15/h2-8,15,19H,9-11H2,1H3. The molecule has 0 aliphatic heterocycles. The fourth-order valence-electron chi connectivity index (χ4n) is 2.37. The van der Waals surface area contributed by atoms with Crippen LogP contribution in [0.4, 0.5) is 10.1 Å². The number of para-hydroxylation sites is 1. The second-order valence-corrected chi connectivity index (χ2v) is 5.30. The van der Waals surface area contributed by atoms with Crippen LogP contribution in [-0.2, 0) is 6.54 Å². The molecule has 0 heterocycles. The molecule has 0 saturated heterocycles. The van der Waals surface area contributed by atoms with Crippen LogP contribution in [0, 0.1) is 12.7 Å². The van der Waals surface area contributed by atoms with Gasteiger partial charge in [-0.2, -0.15) is 0 Å². The molecule has 0 aromatic heterocycles. The molecule has 1 aliphatic rings. The van der Waals surface area contributed by atoms with Crippen LogP contribution < -0.4 is 5.32 Å². The summed E-state index contributed by atoms with van der Waals surface area (Å²) in [5.74, 6) is 0.602. The van der Waals surface area contributed by atoms with Crippen molar-refractivity contribution in [3.8, 4) is 0 Å². The molecular weight excluding hydrogens is 237 g/mol. The fourth-order valence-corrected chi connectivity index (χ4v) is 2.37. The lowest BCUT2D eigenvalue weighted by atomic mass is 10.1. The van der Waals surface area contributed by atoms with Crippen molar-refractivity contribution in [3.63, 3.8) is 0 Å². The largest absolute Gasteiger partial charge is 0.378 e. The van der Waals surface area contributed by atoms with Gasteiger partial charge in [0.15, 0.2) is 0 Å². The second-order valence-electron chi connectivity index (χ2n) is 5.30. The lowest BCUT2D eigenvalue weighted by Gasteiger charge is -2.11. The van der Waals surface area contributed by atoms with Crippen LogP contribution in [0.15, 0.2) is 42.5 Å². The molecule has 1 nitrogen and oxygen atoms in total. The van der Waals surface area contributed by atoms with Gasteiger partial charge >= 0.3 is 0 Å². The fraction of sp³-hybridized carbons (Fsp3) is 0.294. The first-order chi connectivity index (χ1) is 9.24. The summed E-state index contributed by atoms with van der Waals surface area (Å²) >= 11 is 0. The van der Waals surface area contributed by atoms with Gasteiger partial charge in [0.05, 0.1) is 5.69 Å². The maximum atomic E-state index is 13.7. The number of benzene rings is 2. The van der Waals surface area contributed by atoms with Crippen LogP contribution >= 0.6 is 0 Å². The summed E-state index contributed by atoms with van der Waals surface area (Å²) in [4.78, 5) is 0. The van der Waals surface area contributed by atoms with Crippen LogP contribution in [0.25, 0.3) is 0 Å². The Kier molecular flexibility index (Phi) is 3.24. The normalized spacial score (nSPS) is 14.4. The zero-order valence-electron chi connectivity index (χ0n) is 11.1. The number of anilines is 1. The van der Waals surface area contributed by atoms with Gasteiger partial charge in [-0.05, 0) is 48.4 Å². The molecule has 0 unspecified atom stereocenters. The molecule has 1 fully saturated rings. The van der Waals surface area contributed by atoms with E-state index in [0.717, 1.165) is 11.5 Å². The van der Waals surface area contributed by atoms with Gasteiger partial charge in [-0.3, -0.25) is 0 Å². The average Bonchev–Trinajstić information content (AvgIpc) is 3.23. The van der Waals surface area contributed by atoms with E-state index in [-0.39, 0.29) is 5.82 Å². The van der Waals surface area contributed by atoms with Gasteiger partial charge in [-0.15, -0.1) is 0 Å². The molecule has 0 spiro atoms. The summed E-state index contributed by atoms with van der Waals surface area (Å²) < 4.78 is 13.7. The van der Waals surface area contributed by atoms with E-state index < -0.39 is 0 Å². The Labute approximate surface area is 113 Å². The van der Waals surface area contributed by atoms with Crippen LogP contribution in [0.3, 0.4) is 0 Å². The van der Waals surface area contributed by atoms with Gasteiger partial charge in [0.1, 0.15) is 5.82 Å². The molecule has 1 aliphatic carbocycles. The van der Waals surface area contributed by atoms with Crippen molar-refractivity contribution < 1.29 is 4.39 Å². The highest BCUT2D eigenvalue weighted by Gasteiger charge is 2.22. The zero-order valence-corrected chi connectivity index (χ0v) is 11.1. The molecule has 0 atom stereocenters. The van der Waals surface area contributed by atoms with Crippen LogP contribution in [0.2, 0.25) is 0 Å². The lowest BCUT2D eigenvalue weighted by molar-refractivity contribution is 0.629. The second kappa shape index (κ2) is 5.04. The number of hydrogen-bond donors (Lipinski definition) is 1. The molecule has 19 heavy (non-hydrogen) atoms. The number of halogens is 1. The monoisotopic (exact) mass is 255 g/mol. The van der Waals surface area contributed by atoms with Gasteiger partial charge in [-0.25, -0.2) is 4.39 Å². The Bertz CT molecular complexity index is 550. The smallest absolute Gasteiger partial charge is 0.146 e. The van der Waals surface area contributed by atoms with Gasteiger partial charge in [-0.1, -0.05) is 36.4 Å². The van der Waals surface area contributed by atoms with E-state index in [1.807, 2.05) is 13.0 Å². The van der Waals surface area contributed by atoms with Gasteiger partial charge in [0.25, 0.3) is 0 Å². The van der Waals surface area contributed by atoms with Crippen LogP contribution in [-0.4, -0.2) is 0 Å². The third kappa shape index (κ3) is 2.78. The van der Waals surface area contributed by atoms with Crippen LogP contribution in [0.5, 0.6) is 0 Å². The molecule has 0 bridgehead atoms. The van der Waals surface area contributed by atoms with Gasteiger partial charge < -0.3 is 5.32 Å². The minimum absolute atomic E-state index is 0.186. The Balaban J connectivity index is 1.68. The maximum Gasteiger partial charge on any atom is 0.146 e. The predicted molar refractivity (Wildman–Crippen MR) is 76.9 cm³/mol. The van der Waals surface area contributed by atoms with E-state index in [4.69, 9.17) is 0 Å². The summed E-state index contributed by atoms with van der Waals surface area (Å²) in [6, 6.07) is 13.8. The van der Waals surface area contributed by atoms with E-state index >= 15 is 0 Å². The lowest BCUT2D eigenvalue weighted by Crippen LogP contribution is -2.03. The van der Waals surface area contributed by atoms with E-state index in [0.29, 0.717) is 12.2 Å². The van der Waals surface area contributed by atoms with E-state index in [9.17, 15) is 4.39 Å². The average molecular weight is 255 g/mol. The quantitative estimate of drug-likeness (QED) is 0.840. The van der Waals surface area contributed by atoms with Crippen molar-refractivity contribution in [3.05, 3.63) is 65.0 Å². The Morgan fingerprint density at radius 1 is 1.11 bits per heavy atom. The van der Waals surface area contributed by atoms with Crippen molar-refractivity contribution in [1.29, 1.82) is 0 Å². The van der Waals surface area contributed by atoms with Crippen molar-refractivity contribution >= 4 is 5.69 Å². The summed E-state index contributed by atoms with van der Waals surface area (Å²) in [6.45, 7) is 2.58. The third-order valence-corrected chi connectivity index (χ3v) is 3.72. The molecule has 2 aromatic rings. The number of rotatable bonds is 4. The van der Waals surface area contributed by atoms with E-state index in [1.165, 1.54) is 30.0 Å². The van der Waals surface area contributed by atoms with Crippen molar-refractivity contribution in [2.24, 2.45) is 0 Å². The van der Waals surface area contributed by atoms with E-state index in [1.54, 1.807) is 6.07 Å². The highest BCUT2D eigenvalue weighted by atomic mass is 19.1. The first-order valence-electron chi connectivity index (χ1n) is 6.82. The van der Waals surface area contributed by atoms with Crippen molar-refractivity contribution in [2.45, 2.75) is 32.2 Å². The molecule has 2 aromatic carbocycles. The number of nitrogens with one attached hydrogen (secondary N) is 1. The summed E-state index contributed by atoms with van der Waals surface area (Å²) in [7, 11) is 0. The first-order valence-corrected chi connectivity index (χ1v) is 6.82. The molecule has 2 heteroatoms. The number of aryl methyl sites for hydroxylation is 1. The summed E-state index contributed by atoms with van der Waals surface area (Å²) in [5.41, 5.74) is 4.17. The first kappa shape index (κ1) is 12.2. The minimum atomic E-state index is -0.186. The summed E-state index contributed by atoms with van der Waals surface area (Å²) in [5, 5.41) is 3.19. The molecule has 3 rings (SSSR count). The highest BCUT2D eigenvalue weighted by molar-refractivity contribution is 5.52. The van der Waals surface area contributed by atoms with Gasteiger partial charge in [0.2, 0.25) is 0 Å². The van der Waals surface area contributed by atoms with Crippen molar-refractivity contribution in [1.82, 2.24) is 0 Å². The molecule has 0 amide bonds. The Morgan fingerprint density at radius 2 is 1.84 bits per heavy atom. The number of hydrogen-bond acceptors (Lipinski definition) is 1. The highest BCUT2D eigenvalue weighted by Crippen LogP contribution is 2.39. The van der Waals surface area contributed by atoms with E-state index in [2.05, 4.69) is 29.6 Å². The van der Waals surface area contributed by atoms with Crippen LogP contribution in [0.1, 0.15) is 35.4 Å². The molecule has 98 valence electrons. The minimum Gasteiger partial charge on any atom is -0.378 e. The molecule has 1 saturated carbocycles. The third-order valence-electron chi connectivity index (χ3n) is 3.72. The molecule has 0 radical (unpaired) electrons. The SMILES string of the molecule is Cc1cccc(F)c1NCc1ccc(C2CC2)cc1. The predicted octanol–water partition coefficient (Wildman–Crippen LogP) is 4.62.